The van der Waals surface area contributed by atoms with E-state index >= 15 is 0 Å². The number of hydrogen-bond donors (Lipinski definition) is 1. The summed E-state index contributed by atoms with van der Waals surface area (Å²) in [6, 6.07) is 21.6. The number of benzene rings is 3. The van der Waals surface area contributed by atoms with Crippen LogP contribution < -0.4 is 10.2 Å². The fraction of sp³-hybridized carbons (Fsp3) is 0.214. The highest BCUT2D eigenvalue weighted by molar-refractivity contribution is 6.30. The Morgan fingerprint density at radius 1 is 0.939 bits per heavy atom. The lowest BCUT2D eigenvalue weighted by atomic mass is 9.94. The Morgan fingerprint density at radius 2 is 1.58 bits per heavy atom. The van der Waals surface area contributed by atoms with Crippen LogP contribution in [0.5, 0.6) is 0 Å². The van der Waals surface area contributed by atoms with Crippen molar-refractivity contribution in [1.82, 2.24) is 5.32 Å². The Balaban J connectivity index is 1.99. The molecule has 4 nitrogen and oxygen atoms in total. The molecule has 33 heavy (non-hydrogen) atoms. The van der Waals surface area contributed by atoms with Crippen LogP contribution in [-0.4, -0.2) is 23.4 Å². The van der Waals surface area contributed by atoms with Gasteiger partial charge in [-0.25, -0.2) is 0 Å². The molecule has 1 heterocycles. The first-order valence-corrected chi connectivity index (χ1v) is 11.3. The summed E-state index contributed by atoms with van der Waals surface area (Å²) < 4.78 is 0. The first-order valence-electron chi connectivity index (χ1n) is 10.9. The van der Waals surface area contributed by atoms with Gasteiger partial charge in [-0.15, -0.1) is 0 Å². The zero-order valence-electron chi connectivity index (χ0n) is 19.2. The molecule has 0 saturated carbocycles. The molecule has 3 aromatic rings. The normalized spacial score (nSPS) is 16.0. The third-order valence-corrected chi connectivity index (χ3v) is 5.76. The number of nitrogens with one attached hydrogen (secondary N) is 1. The van der Waals surface area contributed by atoms with Crippen LogP contribution in [0, 0.1) is 6.92 Å². The topological polar surface area (TPSA) is 49.4 Å². The van der Waals surface area contributed by atoms with Crippen molar-refractivity contribution in [2.45, 2.75) is 39.3 Å². The smallest absolute Gasteiger partial charge is 0.259 e. The minimum atomic E-state index is -0.868. The summed E-state index contributed by atoms with van der Waals surface area (Å²) in [5.41, 5.74) is 4.15. The van der Waals surface area contributed by atoms with Gasteiger partial charge in [0.05, 0.1) is 0 Å². The standard InChI is InChI=1S/C28H27ClN2O2/c1-18-9-15-22(16-10-18)31-25(26(32)30-28(2,3)4)24(19-11-13-21(29)14-12-19)17-20-7-5-6-8-23(20)27(31)33/h5-17,25H,1-4H3,(H,30,32). The number of anilines is 1. The van der Waals surface area contributed by atoms with Crippen molar-refractivity contribution in [2.75, 3.05) is 4.90 Å². The maximum absolute atomic E-state index is 13.9. The molecule has 1 aliphatic heterocycles. The molecule has 1 aliphatic rings. The van der Waals surface area contributed by atoms with Gasteiger partial charge in [-0.2, -0.15) is 0 Å². The quantitative estimate of drug-likeness (QED) is 0.513. The van der Waals surface area contributed by atoms with Crippen molar-refractivity contribution in [3.8, 4) is 0 Å². The van der Waals surface area contributed by atoms with Crippen LogP contribution in [0.3, 0.4) is 0 Å². The molecule has 168 valence electrons. The molecule has 0 aliphatic carbocycles. The predicted octanol–water partition coefficient (Wildman–Crippen LogP) is 6.13. The number of hydrogen-bond acceptors (Lipinski definition) is 2. The van der Waals surface area contributed by atoms with Crippen molar-refractivity contribution >= 4 is 40.8 Å². The number of fused-ring (bicyclic) bond motifs is 1. The van der Waals surface area contributed by atoms with Crippen LogP contribution in [0.2, 0.25) is 5.02 Å². The van der Waals surface area contributed by atoms with Crippen molar-refractivity contribution in [2.24, 2.45) is 0 Å². The Bertz CT molecular complexity index is 1220. The number of halogens is 1. The van der Waals surface area contributed by atoms with Gasteiger partial charge in [0.25, 0.3) is 5.91 Å². The van der Waals surface area contributed by atoms with Gasteiger partial charge in [0.2, 0.25) is 5.91 Å². The van der Waals surface area contributed by atoms with Crippen molar-refractivity contribution in [3.63, 3.8) is 0 Å². The van der Waals surface area contributed by atoms with Gasteiger partial charge >= 0.3 is 0 Å². The van der Waals surface area contributed by atoms with E-state index < -0.39 is 11.6 Å². The van der Waals surface area contributed by atoms with Crippen LogP contribution in [0.25, 0.3) is 11.6 Å². The first kappa shape index (κ1) is 22.8. The van der Waals surface area contributed by atoms with E-state index in [0.29, 0.717) is 16.3 Å². The van der Waals surface area contributed by atoms with E-state index in [-0.39, 0.29) is 11.8 Å². The molecule has 0 radical (unpaired) electrons. The average molecular weight is 459 g/mol. The molecular weight excluding hydrogens is 432 g/mol. The number of carbonyl (C=O) groups is 2. The van der Waals surface area contributed by atoms with Crippen LogP contribution in [0.15, 0.2) is 72.8 Å². The van der Waals surface area contributed by atoms with E-state index in [2.05, 4.69) is 5.32 Å². The van der Waals surface area contributed by atoms with Crippen molar-refractivity contribution in [1.29, 1.82) is 0 Å². The number of aryl methyl sites for hydroxylation is 1. The molecule has 4 rings (SSSR count). The molecule has 3 aromatic carbocycles. The molecule has 2 amide bonds. The van der Waals surface area contributed by atoms with E-state index in [4.69, 9.17) is 11.6 Å². The van der Waals surface area contributed by atoms with Gasteiger partial charge in [-0.05, 0) is 80.8 Å². The van der Waals surface area contributed by atoms with E-state index in [1.54, 1.807) is 23.1 Å². The molecule has 0 saturated heterocycles. The molecule has 0 spiro atoms. The first-order chi connectivity index (χ1) is 15.6. The van der Waals surface area contributed by atoms with E-state index in [9.17, 15) is 9.59 Å². The van der Waals surface area contributed by atoms with Gasteiger partial charge in [-0.3, -0.25) is 14.5 Å². The maximum atomic E-state index is 13.9. The molecule has 1 N–H and O–H groups in total. The van der Waals surface area contributed by atoms with E-state index in [1.807, 2.05) is 88.4 Å². The summed E-state index contributed by atoms with van der Waals surface area (Å²) in [6.07, 6.45) is 1.94. The zero-order valence-corrected chi connectivity index (χ0v) is 20.0. The molecule has 1 unspecified atom stereocenters. The summed E-state index contributed by atoms with van der Waals surface area (Å²) in [5.74, 6) is -0.464. The summed E-state index contributed by atoms with van der Waals surface area (Å²) in [6.45, 7) is 7.78. The number of nitrogens with zero attached hydrogens (tertiary/aromatic N) is 1. The van der Waals surface area contributed by atoms with Gasteiger partial charge < -0.3 is 5.32 Å². The Hall–Kier alpha value is -3.37. The number of rotatable bonds is 3. The van der Waals surface area contributed by atoms with Gasteiger partial charge in [0.1, 0.15) is 6.04 Å². The van der Waals surface area contributed by atoms with Crippen LogP contribution in [-0.2, 0) is 4.79 Å². The molecular formula is C28H27ClN2O2. The van der Waals surface area contributed by atoms with Gasteiger partial charge in [-0.1, -0.05) is 59.6 Å². The SMILES string of the molecule is Cc1ccc(N2C(=O)c3ccccc3C=C(c3ccc(Cl)cc3)C2C(=O)NC(C)(C)C)cc1. The molecule has 0 bridgehead atoms. The minimum Gasteiger partial charge on any atom is -0.349 e. The third kappa shape index (κ3) is 4.86. The summed E-state index contributed by atoms with van der Waals surface area (Å²) in [5, 5.41) is 3.69. The second-order valence-corrected chi connectivity index (χ2v) is 9.78. The fourth-order valence-electron chi connectivity index (χ4n) is 4.00. The van der Waals surface area contributed by atoms with Crippen LogP contribution in [0.1, 0.15) is 47.8 Å². The summed E-state index contributed by atoms with van der Waals surface area (Å²) in [4.78, 5) is 29.3. The van der Waals surface area contributed by atoms with Gasteiger partial charge in [0, 0.05) is 21.8 Å². The Labute approximate surface area is 199 Å². The monoisotopic (exact) mass is 458 g/mol. The molecule has 1 atom stereocenters. The predicted molar refractivity (Wildman–Crippen MR) is 135 cm³/mol. The van der Waals surface area contributed by atoms with Gasteiger partial charge in [0.15, 0.2) is 0 Å². The number of amides is 2. The third-order valence-electron chi connectivity index (χ3n) is 5.51. The van der Waals surface area contributed by atoms with Crippen molar-refractivity contribution in [3.05, 3.63) is 100 Å². The summed E-state index contributed by atoms with van der Waals surface area (Å²) >= 11 is 6.15. The lowest BCUT2D eigenvalue weighted by Gasteiger charge is -2.34. The summed E-state index contributed by atoms with van der Waals surface area (Å²) in [7, 11) is 0. The maximum Gasteiger partial charge on any atom is 0.259 e. The molecule has 5 heteroatoms. The largest absolute Gasteiger partial charge is 0.349 e. The lowest BCUT2D eigenvalue weighted by Crippen LogP contribution is -2.54. The highest BCUT2D eigenvalue weighted by Crippen LogP contribution is 2.35. The molecule has 0 fully saturated rings. The average Bonchev–Trinajstić information content (AvgIpc) is 2.89. The van der Waals surface area contributed by atoms with E-state index in [1.165, 1.54) is 0 Å². The lowest BCUT2D eigenvalue weighted by molar-refractivity contribution is -0.122. The Morgan fingerprint density at radius 3 is 2.21 bits per heavy atom. The van der Waals surface area contributed by atoms with Crippen LogP contribution in [0.4, 0.5) is 5.69 Å². The van der Waals surface area contributed by atoms with Crippen LogP contribution >= 0.6 is 11.6 Å². The molecule has 0 aromatic heterocycles. The zero-order chi connectivity index (χ0) is 23.8. The Kier molecular flexibility index (Phi) is 6.13. The highest BCUT2D eigenvalue weighted by Gasteiger charge is 2.39. The number of carbonyl (C=O) groups excluding carboxylic acids is 2. The highest BCUT2D eigenvalue weighted by atomic mass is 35.5. The minimum absolute atomic E-state index is 0.219. The van der Waals surface area contributed by atoms with E-state index in [0.717, 1.165) is 22.3 Å². The van der Waals surface area contributed by atoms with Crippen molar-refractivity contribution < 1.29 is 9.59 Å². The second kappa shape index (κ2) is 8.87. The second-order valence-electron chi connectivity index (χ2n) is 9.35. The fourth-order valence-corrected chi connectivity index (χ4v) is 4.13.